The van der Waals surface area contributed by atoms with E-state index in [0.29, 0.717) is 31.5 Å². The summed E-state index contributed by atoms with van der Waals surface area (Å²) in [7, 11) is 1.81. The summed E-state index contributed by atoms with van der Waals surface area (Å²) in [5, 5.41) is 7.69. The van der Waals surface area contributed by atoms with Crippen LogP contribution in [-0.2, 0) is 11.3 Å². The van der Waals surface area contributed by atoms with Crippen molar-refractivity contribution in [2.75, 3.05) is 13.6 Å². The zero-order chi connectivity index (χ0) is 23.8. The molecule has 0 spiro atoms. The highest BCUT2D eigenvalue weighted by Crippen LogP contribution is 2.24. The second-order valence-corrected chi connectivity index (χ2v) is 8.12. The van der Waals surface area contributed by atoms with Gasteiger partial charge < -0.3 is 10.2 Å². The zero-order valence-corrected chi connectivity index (χ0v) is 19.2. The Kier molecular flexibility index (Phi) is 7.50. The standard InChI is InChI=1S/C28H28N4O2/c1-31(26(33)18-11-19-29-28(34)23-14-7-3-8-15-23)20-24-21-32(25-16-9-4-10-17-25)30-27(24)22-12-5-2-6-13-22/h2-10,12-17,21H,11,18-20H2,1H3,(H,29,34). The van der Waals surface area contributed by atoms with E-state index < -0.39 is 0 Å². The maximum atomic E-state index is 12.8. The molecule has 1 N–H and O–H groups in total. The lowest BCUT2D eigenvalue weighted by Gasteiger charge is -2.17. The van der Waals surface area contributed by atoms with Gasteiger partial charge in [-0.25, -0.2) is 4.68 Å². The van der Waals surface area contributed by atoms with E-state index in [4.69, 9.17) is 5.10 Å². The Bertz CT molecular complexity index is 1220. The van der Waals surface area contributed by atoms with Crippen molar-refractivity contribution in [2.45, 2.75) is 19.4 Å². The number of carbonyl (C=O) groups excluding carboxylic acids is 2. The van der Waals surface area contributed by atoms with Gasteiger partial charge in [-0.2, -0.15) is 5.10 Å². The minimum absolute atomic E-state index is 0.0282. The first kappa shape index (κ1) is 23.0. The molecule has 6 nitrogen and oxygen atoms in total. The minimum atomic E-state index is -0.123. The number of aromatic nitrogens is 2. The molecule has 0 fully saturated rings. The predicted molar refractivity (Wildman–Crippen MR) is 133 cm³/mol. The Morgan fingerprint density at radius 2 is 1.50 bits per heavy atom. The SMILES string of the molecule is CN(Cc1cn(-c2ccccc2)nc1-c1ccccc1)C(=O)CCCNC(=O)c1ccccc1. The molecule has 172 valence electrons. The molecule has 34 heavy (non-hydrogen) atoms. The van der Waals surface area contributed by atoms with Gasteiger partial charge in [0.15, 0.2) is 0 Å². The van der Waals surface area contributed by atoms with Crippen LogP contribution >= 0.6 is 0 Å². The van der Waals surface area contributed by atoms with Crippen molar-refractivity contribution in [2.24, 2.45) is 0 Å². The molecule has 2 amide bonds. The molecule has 0 radical (unpaired) electrons. The van der Waals surface area contributed by atoms with E-state index in [-0.39, 0.29) is 11.8 Å². The Balaban J connectivity index is 1.38. The number of para-hydroxylation sites is 1. The first-order chi connectivity index (χ1) is 16.6. The fourth-order valence-electron chi connectivity index (χ4n) is 3.75. The van der Waals surface area contributed by atoms with E-state index >= 15 is 0 Å². The fraction of sp³-hybridized carbons (Fsp3) is 0.179. The van der Waals surface area contributed by atoms with Gasteiger partial charge in [0.1, 0.15) is 0 Å². The number of nitrogens with zero attached hydrogens (tertiary/aromatic N) is 3. The fourth-order valence-corrected chi connectivity index (χ4v) is 3.75. The smallest absolute Gasteiger partial charge is 0.251 e. The Morgan fingerprint density at radius 3 is 2.18 bits per heavy atom. The molecule has 0 saturated carbocycles. The molecule has 0 atom stereocenters. The van der Waals surface area contributed by atoms with Crippen LogP contribution in [0.5, 0.6) is 0 Å². The topological polar surface area (TPSA) is 67.2 Å². The molecule has 0 saturated heterocycles. The maximum absolute atomic E-state index is 12.8. The molecular formula is C28H28N4O2. The third kappa shape index (κ3) is 5.78. The van der Waals surface area contributed by atoms with Crippen molar-refractivity contribution in [3.05, 3.63) is 108 Å². The number of hydrogen-bond donors (Lipinski definition) is 1. The minimum Gasteiger partial charge on any atom is -0.352 e. The average Bonchev–Trinajstić information content (AvgIpc) is 3.31. The molecule has 1 aromatic heterocycles. The van der Waals surface area contributed by atoms with E-state index in [0.717, 1.165) is 22.5 Å². The number of nitrogens with one attached hydrogen (secondary N) is 1. The van der Waals surface area contributed by atoms with E-state index in [2.05, 4.69) is 5.32 Å². The lowest BCUT2D eigenvalue weighted by Crippen LogP contribution is -2.28. The van der Waals surface area contributed by atoms with Gasteiger partial charge in [0.25, 0.3) is 5.91 Å². The summed E-state index contributed by atoms with van der Waals surface area (Å²) in [5.41, 5.74) is 4.43. The molecule has 0 aliphatic carbocycles. The lowest BCUT2D eigenvalue weighted by molar-refractivity contribution is -0.130. The molecule has 4 aromatic rings. The monoisotopic (exact) mass is 452 g/mol. The number of hydrogen-bond acceptors (Lipinski definition) is 3. The highest BCUT2D eigenvalue weighted by Gasteiger charge is 2.17. The van der Waals surface area contributed by atoms with Crippen molar-refractivity contribution in [1.29, 1.82) is 0 Å². The molecule has 0 bridgehead atoms. The molecule has 0 unspecified atom stereocenters. The van der Waals surface area contributed by atoms with Crippen LogP contribution in [-0.4, -0.2) is 40.1 Å². The van der Waals surface area contributed by atoms with Crippen LogP contribution in [0.3, 0.4) is 0 Å². The van der Waals surface area contributed by atoms with Gasteiger partial charge in [0.2, 0.25) is 5.91 Å². The summed E-state index contributed by atoms with van der Waals surface area (Å²) in [6, 6.07) is 29.0. The Labute approximate surface area is 199 Å². The highest BCUT2D eigenvalue weighted by molar-refractivity contribution is 5.94. The first-order valence-corrected chi connectivity index (χ1v) is 11.4. The van der Waals surface area contributed by atoms with Crippen LogP contribution in [0, 0.1) is 0 Å². The average molecular weight is 453 g/mol. The van der Waals surface area contributed by atoms with Gasteiger partial charge in [-0.1, -0.05) is 66.7 Å². The van der Waals surface area contributed by atoms with E-state index in [9.17, 15) is 9.59 Å². The summed E-state index contributed by atoms with van der Waals surface area (Å²) < 4.78 is 1.86. The number of carbonyl (C=O) groups is 2. The zero-order valence-electron chi connectivity index (χ0n) is 19.2. The van der Waals surface area contributed by atoms with Crippen LogP contribution in [0.2, 0.25) is 0 Å². The second-order valence-electron chi connectivity index (χ2n) is 8.12. The number of rotatable bonds is 9. The van der Waals surface area contributed by atoms with E-state index in [1.165, 1.54) is 0 Å². The molecule has 4 rings (SSSR count). The van der Waals surface area contributed by atoms with Crippen molar-refractivity contribution in [3.63, 3.8) is 0 Å². The van der Waals surface area contributed by atoms with Gasteiger partial charge in [-0.3, -0.25) is 9.59 Å². The largest absolute Gasteiger partial charge is 0.352 e. The van der Waals surface area contributed by atoms with Crippen molar-refractivity contribution >= 4 is 11.8 Å². The molecule has 0 aliphatic rings. The van der Waals surface area contributed by atoms with Crippen molar-refractivity contribution in [1.82, 2.24) is 20.0 Å². The Hall–Kier alpha value is -4.19. The molecule has 0 aliphatic heterocycles. The predicted octanol–water partition coefficient (Wildman–Crippen LogP) is 4.71. The molecular weight excluding hydrogens is 424 g/mol. The summed E-state index contributed by atoms with van der Waals surface area (Å²) in [5.74, 6) is -0.0948. The highest BCUT2D eigenvalue weighted by atomic mass is 16.2. The quantitative estimate of drug-likeness (QED) is 0.374. The summed E-state index contributed by atoms with van der Waals surface area (Å²) >= 11 is 0. The normalized spacial score (nSPS) is 10.6. The van der Waals surface area contributed by atoms with Crippen molar-refractivity contribution < 1.29 is 9.59 Å². The van der Waals surface area contributed by atoms with Gasteiger partial charge in [0, 0.05) is 49.4 Å². The van der Waals surface area contributed by atoms with Crippen LogP contribution in [0.15, 0.2) is 97.2 Å². The summed E-state index contributed by atoms with van der Waals surface area (Å²) in [6.07, 6.45) is 2.93. The number of amides is 2. The summed E-state index contributed by atoms with van der Waals surface area (Å²) in [6.45, 7) is 0.904. The number of benzene rings is 3. The second kappa shape index (κ2) is 11.1. The van der Waals surface area contributed by atoms with Crippen molar-refractivity contribution in [3.8, 4) is 16.9 Å². The van der Waals surface area contributed by atoms with E-state index in [1.807, 2.05) is 89.7 Å². The summed E-state index contributed by atoms with van der Waals surface area (Å²) in [4.78, 5) is 26.6. The first-order valence-electron chi connectivity index (χ1n) is 11.4. The van der Waals surface area contributed by atoms with E-state index in [1.54, 1.807) is 24.1 Å². The van der Waals surface area contributed by atoms with Crippen LogP contribution < -0.4 is 5.32 Å². The Morgan fingerprint density at radius 1 is 0.882 bits per heavy atom. The van der Waals surface area contributed by atoms with Crippen LogP contribution in [0.25, 0.3) is 16.9 Å². The van der Waals surface area contributed by atoms with Gasteiger partial charge in [0.05, 0.1) is 11.4 Å². The molecule has 6 heteroatoms. The van der Waals surface area contributed by atoms with Crippen LogP contribution in [0.4, 0.5) is 0 Å². The third-order valence-electron chi connectivity index (χ3n) is 5.58. The molecule has 1 heterocycles. The lowest BCUT2D eigenvalue weighted by atomic mass is 10.1. The third-order valence-corrected chi connectivity index (χ3v) is 5.58. The van der Waals surface area contributed by atoms with Gasteiger partial charge in [-0.05, 0) is 30.7 Å². The van der Waals surface area contributed by atoms with Crippen LogP contribution in [0.1, 0.15) is 28.8 Å². The maximum Gasteiger partial charge on any atom is 0.251 e. The van der Waals surface area contributed by atoms with Gasteiger partial charge >= 0.3 is 0 Å². The molecule has 3 aromatic carbocycles. The van der Waals surface area contributed by atoms with Gasteiger partial charge in [-0.15, -0.1) is 0 Å².